The van der Waals surface area contributed by atoms with Crippen molar-refractivity contribution in [3.05, 3.63) is 71.4 Å². The molecule has 6 nitrogen and oxygen atoms in total. The van der Waals surface area contributed by atoms with E-state index in [1.165, 1.54) is 5.56 Å². The van der Waals surface area contributed by atoms with Crippen LogP contribution in [0.2, 0.25) is 0 Å². The third-order valence-corrected chi connectivity index (χ3v) is 5.16. The van der Waals surface area contributed by atoms with E-state index in [1.807, 2.05) is 49.4 Å². The molecule has 146 valence electrons. The molecule has 0 bridgehead atoms. The fourth-order valence-electron chi connectivity index (χ4n) is 3.53. The fourth-order valence-corrected chi connectivity index (χ4v) is 3.53. The molecule has 2 aromatic carbocycles. The van der Waals surface area contributed by atoms with Crippen LogP contribution in [0.15, 0.2) is 54.6 Å². The number of amides is 1. The number of hydrogen-bond acceptors (Lipinski definition) is 4. The number of benzene rings is 2. The van der Waals surface area contributed by atoms with Crippen LogP contribution in [0.5, 0.6) is 0 Å². The summed E-state index contributed by atoms with van der Waals surface area (Å²) in [4.78, 5) is 12.8. The van der Waals surface area contributed by atoms with Gasteiger partial charge in [0, 0.05) is 18.2 Å². The summed E-state index contributed by atoms with van der Waals surface area (Å²) < 4.78 is 1.76. The van der Waals surface area contributed by atoms with Gasteiger partial charge in [0.25, 0.3) is 5.91 Å². The highest BCUT2D eigenvalue weighted by molar-refractivity contribution is 5.93. The molecule has 0 radical (unpaired) electrons. The van der Waals surface area contributed by atoms with Crippen LogP contribution >= 0.6 is 0 Å². The maximum absolute atomic E-state index is 12.8. The van der Waals surface area contributed by atoms with Crippen molar-refractivity contribution in [2.24, 2.45) is 0 Å². The lowest BCUT2D eigenvalue weighted by Crippen LogP contribution is -2.45. The number of carbonyl (C=O) groups is 1. The van der Waals surface area contributed by atoms with Gasteiger partial charge in [-0.1, -0.05) is 29.8 Å². The van der Waals surface area contributed by atoms with Gasteiger partial charge in [0.15, 0.2) is 5.69 Å². The molecule has 1 aliphatic heterocycles. The molecule has 1 fully saturated rings. The van der Waals surface area contributed by atoms with E-state index < -0.39 is 0 Å². The predicted octanol–water partition coefficient (Wildman–Crippen LogP) is 3.20. The van der Waals surface area contributed by atoms with E-state index in [2.05, 4.69) is 21.8 Å². The third kappa shape index (κ3) is 4.20. The summed E-state index contributed by atoms with van der Waals surface area (Å²) in [5.41, 5.74) is 4.75. The van der Waals surface area contributed by atoms with Gasteiger partial charge in [-0.15, -0.1) is 0 Å². The maximum Gasteiger partial charge on any atom is 0.272 e. The third-order valence-electron chi connectivity index (χ3n) is 5.16. The normalized spacial score (nSPS) is 16.2. The quantitative estimate of drug-likeness (QED) is 0.722. The highest BCUT2D eigenvalue weighted by atomic mass is 16.2. The Labute approximate surface area is 170 Å². The van der Waals surface area contributed by atoms with Crippen LogP contribution in [-0.2, 0) is 0 Å². The Balaban J connectivity index is 1.70. The van der Waals surface area contributed by atoms with E-state index in [0.717, 1.165) is 42.9 Å². The zero-order chi connectivity index (χ0) is 20.2. The number of nitrogens with one attached hydrogen (secondary N) is 2. The summed E-state index contributed by atoms with van der Waals surface area (Å²) in [6, 6.07) is 19.4. The van der Waals surface area contributed by atoms with Crippen LogP contribution < -0.4 is 10.6 Å². The number of piperidine rings is 1. The Morgan fingerprint density at radius 1 is 1.21 bits per heavy atom. The van der Waals surface area contributed by atoms with Crippen LogP contribution in [0, 0.1) is 18.3 Å². The molecule has 4 rings (SSSR count). The first-order valence-corrected chi connectivity index (χ1v) is 9.83. The predicted molar refractivity (Wildman–Crippen MR) is 112 cm³/mol. The van der Waals surface area contributed by atoms with Gasteiger partial charge in [-0.05, 0) is 56.6 Å². The molecule has 1 unspecified atom stereocenters. The van der Waals surface area contributed by atoms with Crippen LogP contribution in [-0.4, -0.2) is 34.8 Å². The second-order valence-electron chi connectivity index (χ2n) is 7.37. The smallest absolute Gasteiger partial charge is 0.272 e. The van der Waals surface area contributed by atoms with E-state index >= 15 is 0 Å². The zero-order valence-corrected chi connectivity index (χ0v) is 16.4. The Bertz CT molecular complexity index is 1040. The summed E-state index contributed by atoms with van der Waals surface area (Å²) in [5.74, 6) is -0.167. The van der Waals surface area contributed by atoms with Gasteiger partial charge in [-0.2, -0.15) is 10.4 Å². The topological polar surface area (TPSA) is 82.7 Å². The van der Waals surface area contributed by atoms with E-state index in [9.17, 15) is 4.79 Å². The lowest BCUT2D eigenvalue weighted by molar-refractivity contribution is 0.0925. The first-order chi connectivity index (χ1) is 14.1. The Hall–Kier alpha value is -3.43. The van der Waals surface area contributed by atoms with Crippen molar-refractivity contribution in [3.8, 4) is 23.0 Å². The molecule has 0 saturated carbocycles. The fraction of sp³-hybridized carbons (Fsp3) is 0.261. The zero-order valence-electron chi connectivity index (χ0n) is 16.4. The van der Waals surface area contributed by atoms with Crippen molar-refractivity contribution in [2.45, 2.75) is 25.8 Å². The van der Waals surface area contributed by atoms with Crippen molar-refractivity contribution in [2.75, 3.05) is 13.1 Å². The number of nitriles is 1. The van der Waals surface area contributed by atoms with Gasteiger partial charge < -0.3 is 10.6 Å². The second-order valence-corrected chi connectivity index (χ2v) is 7.37. The summed E-state index contributed by atoms with van der Waals surface area (Å²) in [6.45, 7) is 3.82. The van der Waals surface area contributed by atoms with Crippen LogP contribution in [0.4, 0.5) is 0 Å². The van der Waals surface area contributed by atoms with Crippen molar-refractivity contribution in [1.29, 1.82) is 5.26 Å². The largest absolute Gasteiger partial charge is 0.347 e. The molecule has 1 aliphatic rings. The van der Waals surface area contributed by atoms with Gasteiger partial charge in [-0.3, -0.25) is 4.79 Å². The lowest BCUT2D eigenvalue weighted by atomic mass is 10.1. The summed E-state index contributed by atoms with van der Waals surface area (Å²) >= 11 is 0. The molecule has 2 heterocycles. The van der Waals surface area contributed by atoms with Gasteiger partial charge in [0.2, 0.25) is 0 Å². The monoisotopic (exact) mass is 385 g/mol. The van der Waals surface area contributed by atoms with Gasteiger partial charge in [-0.25, -0.2) is 4.68 Å². The maximum atomic E-state index is 12.8. The number of hydrogen-bond donors (Lipinski definition) is 2. The molecule has 6 heteroatoms. The second kappa shape index (κ2) is 8.29. The van der Waals surface area contributed by atoms with E-state index in [1.54, 1.807) is 16.8 Å². The minimum Gasteiger partial charge on any atom is -0.347 e. The van der Waals surface area contributed by atoms with Crippen LogP contribution in [0.1, 0.15) is 34.5 Å². The van der Waals surface area contributed by atoms with E-state index in [0.29, 0.717) is 11.3 Å². The molecule has 1 atom stereocenters. The number of carbonyl (C=O) groups excluding carboxylic acids is 1. The highest BCUT2D eigenvalue weighted by Crippen LogP contribution is 2.25. The van der Waals surface area contributed by atoms with Crippen molar-refractivity contribution in [1.82, 2.24) is 20.4 Å². The van der Waals surface area contributed by atoms with Crippen molar-refractivity contribution < 1.29 is 4.79 Å². The molecule has 29 heavy (non-hydrogen) atoms. The molecule has 1 saturated heterocycles. The van der Waals surface area contributed by atoms with Gasteiger partial charge in [0.05, 0.1) is 23.0 Å². The molecular weight excluding hydrogens is 362 g/mol. The molecule has 1 aromatic heterocycles. The number of nitrogens with zero attached hydrogens (tertiary/aromatic N) is 3. The minimum absolute atomic E-state index is 0.124. The summed E-state index contributed by atoms with van der Waals surface area (Å²) in [7, 11) is 0. The van der Waals surface area contributed by atoms with Crippen LogP contribution in [0.25, 0.3) is 16.9 Å². The van der Waals surface area contributed by atoms with E-state index in [4.69, 9.17) is 5.26 Å². The Kier molecular flexibility index (Phi) is 5.41. The molecule has 1 amide bonds. The Morgan fingerprint density at radius 2 is 1.97 bits per heavy atom. The van der Waals surface area contributed by atoms with Crippen molar-refractivity contribution >= 4 is 5.91 Å². The average molecular weight is 385 g/mol. The standard InChI is InChI=1S/C23H23N5O/c1-16-4-8-18(9-5-16)22-13-21(23(29)26-19-3-2-12-25-15-19)27-28(22)20-10-6-17(14-24)7-11-20/h4-11,13,19,25H,2-3,12,15H2,1H3,(H,26,29). The summed E-state index contributed by atoms with van der Waals surface area (Å²) in [5, 5.41) is 20.1. The van der Waals surface area contributed by atoms with E-state index in [-0.39, 0.29) is 11.9 Å². The molecule has 3 aromatic rings. The molecule has 0 spiro atoms. The molecule has 2 N–H and O–H groups in total. The molecule has 0 aliphatic carbocycles. The number of aryl methyl sites for hydroxylation is 1. The minimum atomic E-state index is -0.167. The summed E-state index contributed by atoms with van der Waals surface area (Å²) in [6.07, 6.45) is 2.03. The number of rotatable bonds is 4. The molecular formula is C23H23N5O. The van der Waals surface area contributed by atoms with Crippen LogP contribution in [0.3, 0.4) is 0 Å². The lowest BCUT2D eigenvalue weighted by Gasteiger charge is -2.23. The average Bonchev–Trinajstić information content (AvgIpc) is 3.21. The van der Waals surface area contributed by atoms with Gasteiger partial charge in [0.1, 0.15) is 0 Å². The first-order valence-electron chi connectivity index (χ1n) is 9.83. The first kappa shape index (κ1) is 18.9. The Morgan fingerprint density at radius 3 is 2.62 bits per heavy atom. The SMILES string of the molecule is Cc1ccc(-c2cc(C(=O)NC3CCCNC3)nn2-c2ccc(C#N)cc2)cc1. The number of aromatic nitrogens is 2. The highest BCUT2D eigenvalue weighted by Gasteiger charge is 2.20. The van der Waals surface area contributed by atoms with Crippen molar-refractivity contribution in [3.63, 3.8) is 0 Å². The van der Waals surface area contributed by atoms with Gasteiger partial charge >= 0.3 is 0 Å².